The van der Waals surface area contributed by atoms with Gasteiger partial charge in [0, 0.05) is 43.2 Å². The molecule has 0 unspecified atom stereocenters. The Balaban J connectivity index is 2.16. The van der Waals surface area contributed by atoms with Gasteiger partial charge in [0.15, 0.2) is 9.84 Å². The van der Waals surface area contributed by atoms with Crippen LogP contribution in [-0.4, -0.2) is 45.4 Å². The first-order valence-corrected chi connectivity index (χ1v) is 15.4. The molecule has 7 heteroatoms. The fourth-order valence-corrected chi connectivity index (χ4v) is 7.83. The summed E-state index contributed by atoms with van der Waals surface area (Å²) in [7, 11) is 0.207. The van der Waals surface area contributed by atoms with Gasteiger partial charge in [-0.05, 0) is 60.7 Å². The molecule has 0 bridgehead atoms. The van der Waals surface area contributed by atoms with Crippen molar-refractivity contribution in [3.8, 4) is 0 Å². The van der Waals surface area contributed by atoms with Crippen LogP contribution in [0.2, 0.25) is 0 Å². The molecule has 0 fully saturated rings. The molecule has 2 N–H and O–H groups in total. The van der Waals surface area contributed by atoms with E-state index in [1.807, 2.05) is 62.3 Å². The topological polar surface area (TPSA) is 86.7 Å². The molecule has 0 aliphatic carbocycles. The Hall–Kier alpha value is -2.38. The molecule has 1 aliphatic rings. The van der Waals surface area contributed by atoms with Crippen molar-refractivity contribution in [3.05, 3.63) is 53.6 Å². The average molecular weight is 529 g/mol. The second kappa shape index (κ2) is 12.4. The van der Waals surface area contributed by atoms with Gasteiger partial charge < -0.3 is 15.3 Å². The predicted octanol–water partition coefficient (Wildman–Crippen LogP) is 6.14. The van der Waals surface area contributed by atoms with Gasteiger partial charge in [-0.15, -0.1) is 0 Å². The fraction of sp³-hybridized carbons (Fsp3) is 0.567. The Kier molecular flexibility index (Phi) is 9.81. The van der Waals surface area contributed by atoms with Crippen molar-refractivity contribution < 1.29 is 18.3 Å². The number of carbonyl (C=O) groups excluding carboxylic acids is 1. The molecule has 0 radical (unpaired) electrons. The van der Waals surface area contributed by atoms with E-state index in [4.69, 9.17) is 0 Å². The van der Waals surface area contributed by atoms with Gasteiger partial charge in [0.25, 0.3) is 0 Å². The summed E-state index contributed by atoms with van der Waals surface area (Å²) in [5, 5.41) is 15.1. The summed E-state index contributed by atoms with van der Waals surface area (Å²) >= 11 is 0. The number of nitrogens with one attached hydrogen (secondary N) is 1. The molecule has 0 aromatic heterocycles. The van der Waals surface area contributed by atoms with E-state index in [0.717, 1.165) is 43.4 Å². The highest BCUT2D eigenvalue weighted by Gasteiger charge is 2.49. The van der Waals surface area contributed by atoms with Crippen LogP contribution in [0.1, 0.15) is 89.2 Å². The molecule has 3 rings (SSSR count). The van der Waals surface area contributed by atoms with E-state index in [0.29, 0.717) is 35.4 Å². The molecule has 1 aliphatic heterocycles. The summed E-state index contributed by atoms with van der Waals surface area (Å²) in [6.45, 7) is 6.18. The highest BCUT2D eigenvalue weighted by molar-refractivity contribution is 7.91. The number of aliphatic hydroxyl groups is 1. The fourth-order valence-electron chi connectivity index (χ4n) is 5.57. The highest BCUT2D eigenvalue weighted by Crippen LogP contribution is 2.49. The molecule has 0 saturated carbocycles. The minimum Gasteiger partial charge on any atom is -0.392 e. The SMILES string of the molecule is CCCCCC(=O)Nc1cccc([C@@H]2c3cc(N(C)C)ccc3S(=O)(=O)C[C@@](CC)(CCCC)[C@@H]2O)c1. The lowest BCUT2D eigenvalue weighted by atomic mass is 9.69. The van der Waals surface area contributed by atoms with Crippen molar-refractivity contribution in [2.45, 2.75) is 89.1 Å². The molecule has 0 spiro atoms. The van der Waals surface area contributed by atoms with Gasteiger partial charge in [0.2, 0.25) is 5.91 Å². The van der Waals surface area contributed by atoms with Crippen LogP contribution >= 0.6 is 0 Å². The van der Waals surface area contributed by atoms with Gasteiger partial charge in [-0.3, -0.25) is 4.79 Å². The highest BCUT2D eigenvalue weighted by atomic mass is 32.2. The Morgan fingerprint density at radius 3 is 2.43 bits per heavy atom. The minimum absolute atomic E-state index is 0.0317. The number of nitrogens with zero attached hydrogens (tertiary/aromatic N) is 1. The van der Waals surface area contributed by atoms with Crippen LogP contribution in [0.5, 0.6) is 0 Å². The van der Waals surface area contributed by atoms with Gasteiger partial charge >= 0.3 is 0 Å². The zero-order chi connectivity index (χ0) is 27.2. The van der Waals surface area contributed by atoms with E-state index in [9.17, 15) is 18.3 Å². The summed E-state index contributed by atoms with van der Waals surface area (Å²) in [5.74, 6) is -0.646. The maximum atomic E-state index is 13.8. The molecule has 2 aromatic carbocycles. The number of sulfone groups is 1. The van der Waals surface area contributed by atoms with Crippen LogP contribution in [0, 0.1) is 5.41 Å². The molecule has 2 aromatic rings. The first-order chi connectivity index (χ1) is 17.6. The quantitative estimate of drug-likeness (QED) is 0.342. The first-order valence-electron chi connectivity index (χ1n) is 13.7. The Morgan fingerprint density at radius 1 is 1.05 bits per heavy atom. The van der Waals surface area contributed by atoms with Crippen LogP contribution in [0.4, 0.5) is 11.4 Å². The number of fused-ring (bicyclic) bond motifs is 1. The molecule has 1 amide bonds. The lowest BCUT2D eigenvalue weighted by molar-refractivity contribution is -0.116. The van der Waals surface area contributed by atoms with Crippen molar-refractivity contribution in [2.24, 2.45) is 5.41 Å². The van der Waals surface area contributed by atoms with E-state index >= 15 is 0 Å². The number of anilines is 2. The van der Waals surface area contributed by atoms with Crippen LogP contribution in [0.3, 0.4) is 0 Å². The number of amides is 1. The molecule has 204 valence electrons. The van der Waals surface area contributed by atoms with Crippen LogP contribution < -0.4 is 10.2 Å². The van der Waals surface area contributed by atoms with Gasteiger partial charge in [-0.2, -0.15) is 0 Å². The van der Waals surface area contributed by atoms with Gasteiger partial charge in [0.1, 0.15) is 0 Å². The molecule has 37 heavy (non-hydrogen) atoms. The lowest BCUT2D eigenvalue weighted by Crippen LogP contribution is -2.42. The van der Waals surface area contributed by atoms with E-state index in [1.165, 1.54) is 0 Å². The predicted molar refractivity (Wildman–Crippen MR) is 152 cm³/mol. The average Bonchev–Trinajstić information content (AvgIpc) is 2.93. The standard InChI is InChI=1S/C30H44N2O4S/c1-6-9-11-15-27(33)31-23-14-12-13-22(19-23)28-25-20-24(32(4)5)16-17-26(25)37(35,36)21-30(8-3,29(28)34)18-10-7-2/h12-14,16-17,19-20,28-29,34H,6-11,15,18,21H2,1-5H3,(H,31,33)/t28-,29-,30-/m1/s1. The lowest BCUT2D eigenvalue weighted by Gasteiger charge is -2.39. The van der Waals surface area contributed by atoms with Gasteiger partial charge in [-0.25, -0.2) is 8.42 Å². The smallest absolute Gasteiger partial charge is 0.224 e. The molecule has 3 atom stereocenters. The molecular weight excluding hydrogens is 484 g/mol. The first kappa shape index (κ1) is 29.2. The second-order valence-electron chi connectivity index (χ2n) is 10.7. The number of unbranched alkanes of at least 4 members (excludes halogenated alkanes) is 3. The van der Waals surface area contributed by atoms with E-state index < -0.39 is 27.3 Å². The third kappa shape index (κ3) is 6.55. The maximum Gasteiger partial charge on any atom is 0.224 e. The monoisotopic (exact) mass is 528 g/mol. The number of hydrogen-bond donors (Lipinski definition) is 2. The Bertz CT molecular complexity index is 1180. The summed E-state index contributed by atoms with van der Waals surface area (Å²) in [6, 6.07) is 13.0. The summed E-state index contributed by atoms with van der Waals surface area (Å²) in [6.07, 6.45) is 5.45. The zero-order valence-corrected chi connectivity index (χ0v) is 23.9. The van der Waals surface area contributed by atoms with E-state index in [-0.39, 0.29) is 11.7 Å². The Labute approximate surface area is 223 Å². The Morgan fingerprint density at radius 2 is 1.78 bits per heavy atom. The zero-order valence-electron chi connectivity index (χ0n) is 23.1. The van der Waals surface area contributed by atoms with Crippen LogP contribution in [0.15, 0.2) is 47.4 Å². The van der Waals surface area contributed by atoms with E-state index in [2.05, 4.69) is 19.2 Å². The number of benzene rings is 2. The number of hydrogen-bond acceptors (Lipinski definition) is 5. The number of carbonyl (C=O) groups is 1. The van der Waals surface area contributed by atoms with Crippen molar-refractivity contribution in [3.63, 3.8) is 0 Å². The van der Waals surface area contributed by atoms with Crippen molar-refractivity contribution in [2.75, 3.05) is 30.1 Å². The van der Waals surface area contributed by atoms with Crippen LogP contribution in [-0.2, 0) is 14.6 Å². The third-order valence-corrected chi connectivity index (χ3v) is 9.87. The van der Waals surface area contributed by atoms with E-state index in [1.54, 1.807) is 6.07 Å². The van der Waals surface area contributed by atoms with Gasteiger partial charge in [-0.1, -0.05) is 58.6 Å². The van der Waals surface area contributed by atoms with Crippen molar-refractivity contribution >= 4 is 27.1 Å². The largest absolute Gasteiger partial charge is 0.392 e. The molecule has 6 nitrogen and oxygen atoms in total. The van der Waals surface area contributed by atoms with Crippen LogP contribution in [0.25, 0.3) is 0 Å². The van der Waals surface area contributed by atoms with Crippen molar-refractivity contribution in [1.29, 1.82) is 0 Å². The molecular formula is C30H44N2O4S. The van der Waals surface area contributed by atoms with Gasteiger partial charge in [0.05, 0.1) is 16.8 Å². The molecule has 0 saturated heterocycles. The summed E-state index contributed by atoms with van der Waals surface area (Å²) in [5.41, 5.74) is 2.21. The molecule has 1 heterocycles. The third-order valence-electron chi connectivity index (χ3n) is 7.87. The second-order valence-corrected chi connectivity index (χ2v) is 12.7. The normalized spacial score (nSPS) is 22.6. The van der Waals surface area contributed by atoms with Crippen molar-refractivity contribution in [1.82, 2.24) is 0 Å². The minimum atomic E-state index is -3.64. The number of rotatable bonds is 11. The summed E-state index contributed by atoms with van der Waals surface area (Å²) in [4.78, 5) is 14.8. The maximum absolute atomic E-state index is 13.8. The summed E-state index contributed by atoms with van der Waals surface area (Å²) < 4.78 is 27.6. The number of aliphatic hydroxyl groups excluding tert-OH is 1.